The van der Waals surface area contributed by atoms with E-state index in [-0.39, 0.29) is 16.5 Å². The molecule has 0 aliphatic heterocycles. The van der Waals surface area contributed by atoms with Gasteiger partial charge in [0.25, 0.3) is 10.0 Å². The summed E-state index contributed by atoms with van der Waals surface area (Å²) < 4.78 is 52.9. The first-order valence-electron chi connectivity index (χ1n) is 6.72. The van der Waals surface area contributed by atoms with Crippen LogP contribution in [0, 0.1) is 0 Å². The van der Waals surface area contributed by atoms with Gasteiger partial charge in [0, 0.05) is 16.5 Å². The number of hydrogen-bond acceptors (Lipinski definition) is 4. The molecule has 0 bridgehead atoms. The summed E-state index contributed by atoms with van der Waals surface area (Å²) in [6, 6.07) is 12.7. The van der Waals surface area contributed by atoms with Crippen LogP contribution in [0.3, 0.4) is 0 Å². The van der Waals surface area contributed by atoms with Gasteiger partial charge < -0.3 is 8.97 Å². The molecule has 1 heterocycles. The van der Waals surface area contributed by atoms with Crippen molar-refractivity contribution in [1.82, 2.24) is 0 Å². The number of nitrogens with one attached hydrogen (secondary N) is 1. The lowest BCUT2D eigenvalue weighted by molar-refractivity contribution is 0.484. The molecule has 0 saturated heterocycles. The van der Waals surface area contributed by atoms with Crippen LogP contribution in [0.2, 0.25) is 5.02 Å². The first-order valence-corrected chi connectivity index (χ1v) is 9.86. The van der Waals surface area contributed by atoms with Gasteiger partial charge in [-0.2, -0.15) is 8.42 Å². The smallest absolute Gasteiger partial charge is 0.295 e. The van der Waals surface area contributed by atoms with Crippen LogP contribution in [0.15, 0.2) is 58.0 Å². The zero-order valence-electron chi connectivity index (χ0n) is 12.1. The minimum absolute atomic E-state index is 0.130. The molecule has 1 atom stereocenters. The predicted molar refractivity (Wildman–Crippen MR) is 92.9 cm³/mol. The molecule has 0 amide bonds. The minimum atomic E-state index is -4.01. The SMILES string of the molecule is O=S(O)Cc1ccc(Cl)cc1NS(=O)(=O)c1cc2ccccc2o1. The van der Waals surface area contributed by atoms with Gasteiger partial charge in [-0.1, -0.05) is 35.9 Å². The fourth-order valence-corrected chi connectivity index (χ4v) is 3.94. The van der Waals surface area contributed by atoms with Crippen LogP contribution in [0.4, 0.5) is 5.69 Å². The van der Waals surface area contributed by atoms with Gasteiger partial charge in [-0.15, -0.1) is 0 Å². The summed E-state index contributed by atoms with van der Waals surface area (Å²) in [5.41, 5.74) is 0.922. The van der Waals surface area contributed by atoms with E-state index >= 15 is 0 Å². The van der Waals surface area contributed by atoms with E-state index in [1.165, 1.54) is 24.3 Å². The molecule has 3 aromatic rings. The fourth-order valence-electron chi connectivity index (χ4n) is 2.19. The highest BCUT2D eigenvalue weighted by Crippen LogP contribution is 2.27. The van der Waals surface area contributed by atoms with Gasteiger partial charge >= 0.3 is 0 Å². The lowest BCUT2D eigenvalue weighted by Crippen LogP contribution is -2.14. The van der Waals surface area contributed by atoms with Crippen LogP contribution < -0.4 is 4.72 Å². The molecule has 3 rings (SSSR count). The van der Waals surface area contributed by atoms with Crippen molar-refractivity contribution in [2.75, 3.05) is 4.72 Å². The van der Waals surface area contributed by atoms with Crippen LogP contribution in [-0.2, 0) is 26.9 Å². The molecule has 9 heteroatoms. The Kier molecular flexibility index (Phi) is 4.64. The van der Waals surface area contributed by atoms with Gasteiger partial charge in [-0.05, 0) is 23.8 Å². The van der Waals surface area contributed by atoms with Crippen molar-refractivity contribution < 1.29 is 21.6 Å². The van der Waals surface area contributed by atoms with E-state index in [0.29, 0.717) is 21.6 Å². The summed E-state index contributed by atoms with van der Waals surface area (Å²) in [5, 5.41) is 0.699. The number of benzene rings is 2. The largest absolute Gasteiger partial charge is 0.443 e. The van der Waals surface area contributed by atoms with Crippen LogP contribution in [-0.4, -0.2) is 17.2 Å². The Morgan fingerprint density at radius 1 is 1.17 bits per heavy atom. The van der Waals surface area contributed by atoms with Crippen LogP contribution in [0.25, 0.3) is 11.0 Å². The monoisotopic (exact) mass is 385 g/mol. The summed E-state index contributed by atoms with van der Waals surface area (Å²) in [5.74, 6) is -0.227. The molecular weight excluding hydrogens is 374 g/mol. The van der Waals surface area contributed by atoms with Crippen LogP contribution >= 0.6 is 11.6 Å². The molecule has 0 saturated carbocycles. The molecule has 0 radical (unpaired) electrons. The highest BCUT2D eigenvalue weighted by atomic mass is 35.5. The Morgan fingerprint density at radius 2 is 1.92 bits per heavy atom. The van der Waals surface area contributed by atoms with E-state index < -0.39 is 21.1 Å². The summed E-state index contributed by atoms with van der Waals surface area (Å²) in [7, 11) is -4.01. The molecule has 0 aliphatic rings. The van der Waals surface area contributed by atoms with Crippen molar-refractivity contribution >= 4 is 49.4 Å². The van der Waals surface area contributed by atoms with Crippen LogP contribution in [0.1, 0.15) is 5.56 Å². The third-order valence-electron chi connectivity index (χ3n) is 3.26. The second kappa shape index (κ2) is 6.56. The topological polar surface area (TPSA) is 96.6 Å². The average molecular weight is 386 g/mol. The van der Waals surface area contributed by atoms with Gasteiger partial charge in [0.1, 0.15) is 5.58 Å². The Hall–Kier alpha value is -1.87. The molecular formula is C15H12ClNO5S2. The normalized spacial score (nSPS) is 13.1. The van der Waals surface area contributed by atoms with Crippen LogP contribution in [0.5, 0.6) is 0 Å². The molecule has 0 fully saturated rings. The second-order valence-corrected chi connectivity index (χ2v) is 7.96. The van der Waals surface area contributed by atoms with Gasteiger partial charge in [0.05, 0.1) is 11.4 Å². The van der Waals surface area contributed by atoms with E-state index in [9.17, 15) is 12.6 Å². The number of sulfonamides is 1. The van der Waals surface area contributed by atoms with Gasteiger partial charge in [-0.3, -0.25) is 4.72 Å². The third kappa shape index (κ3) is 3.62. The zero-order valence-corrected chi connectivity index (χ0v) is 14.5. The maximum atomic E-state index is 12.5. The van der Waals surface area contributed by atoms with Crippen molar-refractivity contribution in [1.29, 1.82) is 0 Å². The first-order chi connectivity index (χ1) is 11.3. The van der Waals surface area contributed by atoms with Crippen molar-refractivity contribution in [2.45, 2.75) is 10.8 Å². The Labute approximate surface area is 145 Å². The van der Waals surface area contributed by atoms with Gasteiger partial charge in [0.2, 0.25) is 5.09 Å². The predicted octanol–water partition coefficient (Wildman–Crippen LogP) is 3.61. The van der Waals surface area contributed by atoms with E-state index in [2.05, 4.69) is 4.72 Å². The van der Waals surface area contributed by atoms with E-state index in [4.69, 9.17) is 20.6 Å². The summed E-state index contributed by atoms with van der Waals surface area (Å²) in [6.45, 7) is 0. The summed E-state index contributed by atoms with van der Waals surface area (Å²) in [4.78, 5) is 0. The molecule has 24 heavy (non-hydrogen) atoms. The van der Waals surface area contributed by atoms with Crippen molar-refractivity contribution in [3.63, 3.8) is 0 Å². The average Bonchev–Trinajstić information content (AvgIpc) is 2.94. The maximum absolute atomic E-state index is 12.5. The lowest BCUT2D eigenvalue weighted by Gasteiger charge is -2.10. The van der Waals surface area contributed by atoms with E-state index in [1.54, 1.807) is 24.3 Å². The third-order valence-corrected chi connectivity index (χ3v) is 5.28. The molecule has 0 aliphatic carbocycles. The molecule has 126 valence electrons. The summed E-state index contributed by atoms with van der Waals surface area (Å²) in [6.07, 6.45) is 0. The molecule has 1 unspecified atom stereocenters. The quantitative estimate of drug-likeness (QED) is 0.654. The van der Waals surface area contributed by atoms with Crippen molar-refractivity contribution in [2.24, 2.45) is 0 Å². The number of anilines is 1. The Morgan fingerprint density at radius 3 is 2.62 bits per heavy atom. The van der Waals surface area contributed by atoms with Crippen molar-refractivity contribution in [3.05, 3.63) is 59.1 Å². The number of rotatable bonds is 5. The number of para-hydroxylation sites is 1. The van der Waals surface area contributed by atoms with E-state index in [1.807, 2.05) is 0 Å². The second-order valence-electron chi connectivity index (χ2n) is 4.98. The molecule has 0 spiro atoms. The first kappa shape index (κ1) is 17.0. The highest BCUT2D eigenvalue weighted by molar-refractivity contribution is 7.92. The number of furan rings is 1. The fraction of sp³-hybridized carbons (Fsp3) is 0.0667. The highest BCUT2D eigenvalue weighted by Gasteiger charge is 2.21. The van der Waals surface area contributed by atoms with E-state index in [0.717, 1.165) is 0 Å². The number of halogens is 1. The standard InChI is InChI=1S/C15H12ClNO5S2/c16-12-6-5-11(9-23(18)19)13(8-12)17-24(20,21)15-7-10-3-1-2-4-14(10)22-15/h1-8,17H,9H2,(H,18,19). The van der Waals surface area contributed by atoms with Gasteiger partial charge in [-0.25, -0.2) is 4.21 Å². The Balaban J connectivity index is 2.00. The lowest BCUT2D eigenvalue weighted by atomic mass is 10.2. The molecule has 2 N–H and O–H groups in total. The maximum Gasteiger partial charge on any atom is 0.295 e. The summed E-state index contributed by atoms with van der Waals surface area (Å²) >= 11 is 3.78. The van der Waals surface area contributed by atoms with Gasteiger partial charge in [0.15, 0.2) is 11.1 Å². The molecule has 2 aromatic carbocycles. The Bertz CT molecular complexity index is 996. The molecule has 6 nitrogen and oxygen atoms in total. The number of hydrogen-bond donors (Lipinski definition) is 2. The number of fused-ring (bicyclic) bond motifs is 1. The van der Waals surface area contributed by atoms with Crippen molar-refractivity contribution in [3.8, 4) is 0 Å². The zero-order chi connectivity index (χ0) is 17.3. The minimum Gasteiger partial charge on any atom is -0.443 e. The molecule has 1 aromatic heterocycles.